The van der Waals surface area contributed by atoms with Crippen LogP contribution in [0.2, 0.25) is 0 Å². The summed E-state index contributed by atoms with van der Waals surface area (Å²) < 4.78 is 16.7. The molecule has 0 aromatic heterocycles. The molecule has 2 fully saturated rings. The van der Waals surface area contributed by atoms with Gasteiger partial charge >= 0.3 is 0 Å². The maximum atomic E-state index is 8.08. The molecule has 2 N–H and O–H groups in total. The average Bonchev–Trinajstić information content (AvgIpc) is 2.99. The topological polar surface area (TPSA) is 68.2 Å². The summed E-state index contributed by atoms with van der Waals surface area (Å²) in [5.74, 6) is -1.91. The molecule has 0 aliphatic carbocycles. The van der Waals surface area contributed by atoms with Gasteiger partial charge in [-0.25, -0.2) is 0 Å². The summed E-state index contributed by atoms with van der Waals surface area (Å²) >= 11 is 0. The zero-order chi connectivity index (χ0) is 17.8. The zero-order valence-electron chi connectivity index (χ0n) is 15.8. The van der Waals surface area contributed by atoms with Crippen molar-refractivity contribution in [2.45, 2.75) is 106 Å². The van der Waals surface area contributed by atoms with Crippen molar-refractivity contribution in [3.8, 4) is 0 Å². The molecule has 144 valence electrons. The summed E-state index contributed by atoms with van der Waals surface area (Å²) in [5.41, 5.74) is 0. The Morgan fingerprint density at radius 2 is 1.52 bits per heavy atom. The lowest BCUT2D eigenvalue weighted by molar-refractivity contribution is -0.151. The third kappa shape index (κ3) is 18.0. The predicted molar refractivity (Wildman–Crippen MR) is 96.4 cm³/mol. The van der Waals surface area contributed by atoms with Crippen LogP contribution in [-0.2, 0) is 14.2 Å². The highest BCUT2D eigenvalue weighted by Crippen LogP contribution is 2.28. The number of rotatable bonds is 1. The molecule has 0 saturated carbocycles. The summed E-state index contributed by atoms with van der Waals surface area (Å²) in [6, 6.07) is 0. The normalized spacial score (nSPS) is 24.8. The molecule has 23 heavy (non-hydrogen) atoms. The third-order valence-corrected chi connectivity index (χ3v) is 2.41. The molecule has 2 atom stereocenters. The molecule has 2 rings (SSSR count). The van der Waals surface area contributed by atoms with Crippen molar-refractivity contribution in [1.29, 1.82) is 0 Å². The standard InChI is InChI=1S/C9H16O3.C3H8O2.C3H8.C2H6.CH4/c1-9(2)11-6-8(12-9)7-4-3-5-10-7;1-3(2,4)5;1-3-2;1-2;/h7-8H,3-6H2,1-2H3;4-5H,1-2H3;3H2,1-2H3;1-2H3;1H4. The van der Waals surface area contributed by atoms with Crippen LogP contribution in [0, 0.1) is 0 Å². The molecule has 5 nitrogen and oxygen atoms in total. The molecular weight excluding hydrogens is 296 g/mol. The second-order valence-corrected chi connectivity index (χ2v) is 6.12. The van der Waals surface area contributed by atoms with Crippen LogP contribution in [0.25, 0.3) is 0 Å². The van der Waals surface area contributed by atoms with E-state index in [2.05, 4.69) is 13.8 Å². The monoisotopic (exact) mass is 338 g/mol. The fourth-order valence-electron chi connectivity index (χ4n) is 1.79. The van der Waals surface area contributed by atoms with E-state index in [4.69, 9.17) is 24.4 Å². The van der Waals surface area contributed by atoms with Gasteiger partial charge in [-0.15, -0.1) is 0 Å². The number of aliphatic hydroxyl groups is 2. The van der Waals surface area contributed by atoms with Crippen LogP contribution >= 0.6 is 0 Å². The van der Waals surface area contributed by atoms with Gasteiger partial charge in [0.2, 0.25) is 0 Å². The van der Waals surface area contributed by atoms with E-state index in [9.17, 15) is 0 Å². The Bertz CT molecular complexity index is 236. The molecule has 2 unspecified atom stereocenters. The maximum Gasteiger partial charge on any atom is 0.163 e. The Morgan fingerprint density at radius 3 is 1.78 bits per heavy atom. The van der Waals surface area contributed by atoms with Gasteiger partial charge in [0, 0.05) is 6.61 Å². The lowest BCUT2D eigenvalue weighted by atomic mass is 10.1. The quantitative estimate of drug-likeness (QED) is 0.704. The highest BCUT2D eigenvalue weighted by molar-refractivity contribution is 4.81. The van der Waals surface area contributed by atoms with E-state index in [1.165, 1.54) is 20.3 Å². The van der Waals surface area contributed by atoms with Crippen molar-refractivity contribution >= 4 is 0 Å². The van der Waals surface area contributed by atoms with Gasteiger partial charge < -0.3 is 24.4 Å². The van der Waals surface area contributed by atoms with Gasteiger partial charge in [0.05, 0.1) is 12.7 Å². The van der Waals surface area contributed by atoms with Crippen LogP contribution in [0.1, 0.15) is 82.1 Å². The molecule has 0 aromatic carbocycles. The van der Waals surface area contributed by atoms with Gasteiger partial charge in [0.15, 0.2) is 11.6 Å². The van der Waals surface area contributed by atoms with E-state index in [0.717, 1.165) is 19.4 Å². The van der Waals surface area contributed by atoms with E-state index in [1.54, 1.807) is 0 Å². The molecule has 0 spiro atoms. The highest BCUT2D eigenvalue weighted by Gasteiger charge is 2.38. The van der Waals surface area contributed by atoms with Gasteiger partial charge in [0.1, 0.15) is 6.10 Å². The van der Waals surface area contributed by atoms with E-state index in [1.807, 2.05) is 27.7 Å². The highest BCUT2D eigenvalue weighted by atomic mass is 16.7. The Balaban J connectivity index is -0.000000310. The first-order valence-corrected chi connectivity index (χ1v) is 8.47. The summed E-state index contributed by atoms with van der Waals surface area (Å²) in [6.07, 6.45) is 3.95. The van der Waals surface area contributed by atoms with E-state index in [-0.39, 0.29) is 19.6 Å². The Labute approximate surface area is 144 Å². The number of hydrogen-bond acceptors (Lipinski definition) is 5. The molecule has 0 amide bonds. The van der Waals surface area contributed by atoms with Gasteiger partial charge in [-0.2, -0.15) is 0 Å². The Morgan fingerprint density at radius 1 is 1.09 bits per heavy atom. The molecule has 0 aromatic rings. The second-order valence-electron chi connectivity index (χ2n) is 6.12. The lowest BCUT2D eigenvalue weighted by Gasteiger charge is -2.20. The molecule has 2 saturated heterocycles. The van der Waals surface area contributed by atoms with Crippen molar-refractivity contribution in [1.82, 2.24) is 0 Å². The van der Waals surface area contributed by atoms with Crippen molar-refractivity contribution in [3.05, 3.63) is 0 Å². The van der Waals surface area contributed by atoms with Gasteiger partial charge in [-0.1, -0.05) is 41.5 Å². The molecule has 2 aliphatic rings. The summed E-state index contributed by atoms with van der Waals surface area (Å²) in [6.45, 7) is 16.3. The lowest BCUT2D eigenvalue weighted by Crippen LogP contribution is -2.30. The van der Waals surface area contributed by atoms with Gasteiger partial charge in [-0.05, 0) is 40.5 Å². The summed E-state index contributed by atoms with van der Waals surface area (Å²) in [4.78, 5) is 0. The minimum absolute atomic E-state index is 0. The molecule has 0 radical (unpaired) electrons. The summed E-state index contributed by atoms with van der Waals surface area (Å²) in [7, 11) is 0. The minimum atomic E-state index is -1.50. The maximum absolute atomic E-state index is 8.08. The number of hydrogen-bond donors (Lipinski definition) is 2. The fraction of sp³-hybridized carbons (Fsp3) is 1.00. The molecule has 2 heterocycles. The number of ether oxygens (including phenoxy) is 3. The first kappa shape index (κ1) is 27.6. The van der Waals surface area contributed by atoms with Crippen LogP contribution < -0.4 is 0 Å². The molecular formula is C18H42O5. The SMILES string of the molecule is C.CC.CC(C)(O)O.CC1(C)OCC(C2CCCO2)O1.CCC. The third-order valence-electron chi connectivity index (χ3n) is 2.41. The van der Waals surface area contributed by atoms with Gasteiger partial charge in [-0.3, -0.25) is 0 Å². The van der Waals surface area contributed by atoms with Crippen molar-refractivity contribution in [3.63, 3.8) is 0 Å². The second kappa shape index (κ2) is 14.2. The predicted octanol–water partition coefficient (Wildman–Crippen LogP) is 4.10. The van der Waals surface area contributed by atoms with Crippen molar-refractivity contribution < 1.29 is 24.4 Å². The molecule has 5 heteroatoms. The van der Waals surface area contributed by atoms with E-state index in [0.29, 0.717) is 6.61 Å². The summed E-state index contributed by atoms with van der Waals surface area (Å²) in [5, 5.41) is 16.2. The van der Waals surface area contributed by atoms with Crippen LogP contribution in [0.4, 0.5) is 0 Å². The first-order valence-electron chi connectivity index (χ1n) is 8.47. The molecule has 2 aliphatic heterocycles. The van der Waals surface area contributed by atoms with E-state index >= 15 is 0 Å². The van der Waals surface area contributed by atoms with Crippen LogP contribution in [0.5, 0.6) is 0 Å². The van der Waals surface area contributed by atoms with Crippen LogP contribution in [0.3, 0.4) is 0 Å². The van der Waals surface area contributed by atoms with Crippen LogP contribution in [-0.4, -0.2) is 47.2 Å². The largest absolute Gasteiger partial charge is 0.375 e. The van der Waals surface area contributed by atoms with Crippen molar-refractivity contribution in [2.24, 2.45) is 0 Å². The Hall–Kier alpha value is -0.200. The van der Waals surface area contributed by atoms with Crippen molar-refractivity contribution in [2.75, 3.05) is 13.2 Å². The smallest absolute Gasteiger partial charge is 0.163 e. The van der Waals surface area contributed by atoms with E-state index < -0.39 is 11.6 Å². The average molecular weight is 339 g/mol. The Kier molecular flexibility index (Phi) is 17.0. The minimum Gasteiger partial charge on any atom is -0.375 e. The van der Waals surface area contributed by atoms with Crippen LogP contribution in [0.15, 0.2) is 0 Å². The molecule has 0 bridgehead atoms. The van der Waals surface area contributed by atoms with Gasteiger partial charge in [0.25, 0.3) is 0 Å². The first-order chi connectivity index (χ1) is 10.1. The zero-order valence-corrected chi connectivity index (χ0v) is 15.8. The fourth-order valence-corrected chi connectivity index (χ4v) is 1.79.